The quantitative estimate of drug-likeness (QED) is 0.754. The van der Waals surface area contributed by atoms with Gasteiger partial charge in [-0.2, -0.15) is 0 Å². The topological polar surface area (TPSA) is 69.6 Å². The average molecular weight is 298 g/mol. The number of nitrogens with zero attached hydrogens (tertiary/aromatic N) is 1. The van der Waals surface area contributed by atoms with Crippen LogP contribution < -0.4 is 5.32 Å². The number of nitrogens with one attached hydrogen (secondary N) is 1. The molecule has 0 spiro atoms. The van der Waals surface area contributed by atoms with Crippen molar-refractivity contribution in [2.45, 2.75) is 52.0 Å². The maximum Gasteiger partial charge on any atom is 0.307 e. The molecule has 0 saturated heterocycles. The molecule has 0 aliphatic heterocycles. The lowest BCUT2D eigenvalue weighted by molar-refractivity contribution is -0.149. The molecule has 0 aromatic rings. The first kappa shape index (κ1) is 18.0. The van der Waals surface area contributed by atoms with Crippen molar-refractivity contribution in [3.8, 4) is 0 Å². The van der Waals surface area contributed by atoms with Crippen molar-refractivity contribution in [3.63, 3.8) is 0 Å². The number of carbonyl (C=O) groups is 2. The summed E-state index contributed by atoms with van der Waals surface area (Å²) in [5, 5.41) is 12.2. The molecule has 0 aromatic carbocycles. The van der Waals surface area contributed by atoms with Gasteiger partial charge in [0.05, 0.1) is 11.8 Å². The number of carboxylic acids is 1. The number of likely N-dealkylation sites (N-methyl/N-ethyl adjacent to an activating group) is 1. The van der Waals surface area contributed by atoms with E-state index in [1.54, 1.807) is 0 Å². The zero-order chi connectivity index (χ0) is 16.0. The molecule has 5 nitrogen and oxygen atoms in total. The highest BCUT2D eigenvalue weighted by Gasteiger charge is 2.35. The van der Waals surface area contributed by atoms with Crippen LogP contribution in [0.3, 0.4) is 0 Å². The minimum Gasteiger partial charge on any atom is -0.481 e. The Morgan fingerprint density at radius 2 is 1.76 bits per heavy atom. The number of rotatable bonds is 7. The minimum atomic E-state index is -0.832. The van der Waals surface area contributed by atoms with Crippen LogP contribution in [0, 0.1) is 17.8 Å². The smallest absolute Gasteiger partial charge is 0.307 e. The van der Waals surface area contributed by atoms with Crippen LogP contribution in [0.1, 0.15) is 46.0 Å². The summed E-state index contributed by atoms with van der Waals surface area (Å²) in [5.41, 5.74) is 0. The van der Waals surface area contributed by atoms with Crippen LogP contribution in [0.4, 0.5) is 0 Å². The lowest BCUT2D eigenvalue weighted by Gasteiger charge is -2.30. The van der Waals surface area contributed by atoms with E-state index in [0.29, 0.717) is 31.3 Å². The zero-order valence-electron chi connectivity index (χ0n) is 13.8. The number of hydrogen-bond donors (Lipinski definition) is 2. The largest absolute Gasteiger partial charge is 0.481 e. The Hall–Kier alpha value is -1.10. The first-order valence-corrected chi connectivity index (χ1v) is 7.99. The maximum absolute atomic E-state index is 12.3. The minimum absolute atomic E-state index is 0.0855. The van der Waals surface area contributed by atoms with Gasteiger partial charge < -0.3 is 15.3 Å². The fraction of sp³-hybridized carbons (Fsp3) is 0.875. The van der Waals surface area contributed by atoms with Crippen molar-refractivity contribution >= 4 is 11.9 Å². The molecule has 1 saturated carbocycles. The molecule has 1 amide bonds. The summed E-state index contributed by atoms with van der Waals surface area (Å²) in [4.78, 5) is 25.7. The Balaban J connectivity index is 2.56. The van der Waals surface area contributed by atoms with Gasteiger partial charge in [-0.15, -0.1) is 0 Å². The summed E-state index contributed by atoms with van der Waals surface area (Å²) in [5.74, 6) is -1.23. The third-order valence-corrected chi connectivity index (χ3v) is 4.41. The Morgan fingerprint density at radius 3 is 2.24 bits per heavy atom. The van der Waals surface area contributed by atoms with E-state index in [1.165, 1.54) is 0 Å². The predicted octanol–water partition coefficient (Wildman–Crippen LogP) is 1.97. The van der Waals surface area contributed by atoms with Crippen LogP contribution >= 0.6 is 0 Å². The van der Waals surface area contributed by atoms with E-state index in [9.17, 15) is 14.7 Å². The molecule has 0 heterocycles. The molecule has 1 aliphatic carbocycles. The molecule has 2 N–H and O–H groups in total. The molecule has 21 heavy (non-hydrogen) atoms. The highest BCUT2D eigenvalue weighted by Crippen LogP contribution is 2.30. The summed E-state index contributed by atoms with van der Waals surface area (Å²) >= 11 is 0. The summed E-state index contributed by atoms with van der Waals surface area (Å²) in [6, 6.07) is 0.292. The van der Waals surface area contributed by atoms with Crippen molar-refractivity contribution in [1.29, 1.82) is 0 Å². The normalized spacial score (nSPS) is 24.1. The third-order valence-electron chi connectivity index (χ3n) is 4.41. The third kappa shape index (κ3) is 5.65. The van der Waals surface area contributed by atoms with Crippen LogP contribution in [0.15, 0.2) is 0 Å². The molecule has 1 fully saturated rings. The van der Waals surface area contributed by atoms with E-state index in [-0.39, 0.29) is 11.8 Å². The molecule has 0 aromatic heterocycles. The van der Waals surface area contributed by atoms with Gasteiger partial charge >= 0.3 is 5.97 Å². The monoisotopic (exact) mass is 298 g/mol. The fourth-order valence-electron chi connectivity index (χ4n) is 3.11. The van der Waals surface area contributed by atoms with Crippen molar-refractivity contribution < 1.29 is 14.7 Å². The molecule has 5 heteroatoms. The Kier molecular flexibility index (Phi) is 7.15. The summed E-state index contributed by atoms with van der Waals surface area (Å²) in [6.45, 7) is 4.92. The summed E-state index contributed by atoms with van der Waals surface area (Å²) in [7, 11) is 4.03. The molecule has 122 valence electrons. The lowest BCUT2D eigenvalue weighted by atomic mass is 9.78. The molecule has 0 radical (unpaired) electrons. The molecule has 3 atom stereocenters. The second-order valence-electron chi connectivity index (χ2n) is 6.83. The Bertz CT molecular complexity index is 355. The van der Waals surface area contributed by atoms with E-state index in [0.717, 1.165) is 19.3 Å². The van der Waals surface area contributed by atoms with Crippen LogP contribution in [-0.4, -0.2) is 48.6 Å². The second-order valence-corrected chi connectivity index (χ2v) is 6.83. The first-order chi connectivity index (χ1) is 9.82. The molecular formula is C16H30N2O3. The zero-order valence-corrected chi connectivity index (χ0v) is 13.8. The number of hydrogen-bond acceptors (Lipinski definition) is 3. The number of carboxylic acid groups (broad SMARTS) is 1. The van der Waals surface area contributed by atoms with Crippen molar-refractivity contribution in [1.82, 2.24) is 10.2 Å². The van der Waals surface area contributed by atoms with E-state index >= 15 is 0 Å². The van der Waals surface area contributed by atoms with E-state index < -0.39 is 11.9 Å². The van der Waals surface area contributed by atoms with Crippen molar-refractivity contribution in [2.75, 3.05) is 20.6 Å². The van der Waals surface area contributed by atoms with Gasteiger partial charge in [0.1, 0.15) is 0 Å². The highest BCUT2D eigenvalue weighted by molar-refractivity contribution is 5.84. The maximum atomic E-state index is 12.3. The molecular weight excluding hydrogens is 268 g/mol. The predicted molar refractivity (Wildman–Crippen MR) is 83.0 cm³/mol. The van der Waals surface area contributed by atoms with Crippen LogP contribution in [0.25, 0.3) is 0 Å². The Labute approximate surface area is 128 Å². The van der Waals surface area contributed by atoms with Crippen molar-refractivity contribution in [2.24, 2.45) is 17.8 Å². The Morgan fingerprint density at radius 1 is 1.19 bits per heavy atom. The van der Waals surface area contributed by atoms with E-state index in [1.807, 2.05) is 14.1 Å². The summed E-state index contributed by atoms with van der Waals surface area (Å²) < 4.78 is 0. The van der Waals surface area contributed by atoms with Crippen LogP contribution in [0.2, 0.25) is 0 Å². The van der Waals surface area contributed by atoms with Gasteiger partial charge in [-0.1, -0.05) is 26.7 Å². The first-order valence-electron chi connectivity index (χ1n) is 7.99. The average Bonchev–Trinajstić information content (AvgIpc) is 2.42. The van der Waals surface area contributed by atoms with Gasteiger partial charge in [0.2, 0.25) is 5.91 Å². The number of amides is 1. The molecule has 1 aliphatic rings. The highest BCUT2D eigenvalue weighted by atomic mass is 16.4. The standard InChI is InChI=1S/C16H30N2O3/c1-11(2)9-12(18(3)4)10-17-15(19)13-7-5-6-8-14(13)16(20)21/h11-14H,5-10H2,1-4H3,(H,17,19)(H,20,21). The van der Waals surface area contributed by atoms with Crippen LogP contribution in [0.5, 0.6) is 0 Å². The van der Waals surface area contributed by atoms with Gasteiger partial charge in [-0.05, 0) is 39.3 Å². The van der Waals surface area contributed by atoms with Crippen LogP contribution in [-0.2, 0) is 9.59 Å². The van der Waals surface area contributed by atoms with E-state index in [2.05, 4.69) is 24.1 Å². The second kappa shape index (κ2) is 8.37. The fourth-order valence-corrected chi connectivity index (χ4v) is 3.11. The molecule has 1 rings (SSSR count). The van der Waals surface area contributed by atoms with Gasteiger partial charge in [0.15, 0.2) is 0 Å². The number of aliphatic carboxylic acids is 1. The van der Waals surface area contributed by atoms with Crippen molar-refractivity contribution in [3.05, 3.63) is 0 Å². The lowest BCUT2D eigenvalue weighted by Crippen LogP contribution is -2.45. The van der Waals surface area contributed by atoms with Gasteiger partial charge in [-0.25, -0.2) is 0 Å². The molecule has 3 unspecified atom stereocenters. The van der Waals surface area contributed by atoms with Gasteiger partial charge in [0.25, 0.3) is 0 Å². The molecule has 0 bridgehead atoms. The summed E-state index contributed by atoms with van der Waals surface area (Å²) in [6.07, 6.45) is 4.19. The van der Waals surface area contributed by atoms with E-state index in [4.69, 9.17) is 0 Å². The van der Waals surface area contributed by atoms with Gasteiger partial charge in [0, 0.05) is 12.6 Å². The van der Waals surface area contributed by atoms with Gasteiger partial charge in [-0.3, -0.25) is 9.59 Å². The SMILES string of the molecule is CC(C)CC(CNC(=O)C1CCCCC1C(=O)O)N(C)C. The number of carbonyl (C=O) groups excluding carboxylic acids is 1.